The monoisotopic (exact) mass is 765 g/mol. The molecule has 2 aromatic carbocycles. The van der Waals surface area contributed by atoms with Crippen molar-refractivity contribution in [2.75, 3.05) is 24.5 Å². The molecule has 15 heteroatoms. The van der Waals surface area contributed by atoms with Crippen LogP contribution in [0.5, 0.6) is 5.75 Å². The first-order valence-corrected chi connectivity index (χ1v) is 18.6. The third-order valence-electron chi connectivity index (χ3n) is 10.4. The summed E-state index contributed by atoms with van der Waals surface area (Å²) in [6.07, 6.45) is 4.59. The van der Waals surface area contributed by atoms with E-state index >= 15 is 0 Å². The fourth-order valence-corrected chi connectivity index (χ4v) is 7.03. The van der Waals surface area contributed by atoms with Crippen LogP contribution in [0.15, 0.2) is 52.6 Å². The number of carbonyl (C=O) groups is 3. The molecule has 5 rings (SSSR count). The standard InChI is InChI=1S/C38H49Cl2N9O4/c1-36(2,3)33-31(43-23-18-26(39)32(53)27(40)19-23)34-44-45-35(49(34)46-33)37(4,5)38(6,7)42-20-29(51)48(25-16-12-9-13-17-25)22-30(52)47(21-28(41)50)24-14-10-8-11-15-24/h8,10-11,14-15,18-19,25,42,53H,9,12-13,16-17,20-22H2,1-7H3,(H2,41,50). The highest BCUT2D eigenvalue weighted by Crippen LogP contribution is 2.39. The number of nitrogens with zero attached hydrogens (tertiary/aromatic N) is 7. The Balaban J connectivity index is 1.40. The third-order valence-corrected chi connectivity index (χ3v) is 10.9. The Kier molecular flexibility index (Phi) is 11.7. The molecule has 284 valence electrons. The van der Waals surface area contributed by atoms with Crippen LogP contribution in [-0.4, -0.2) is 85.2 Å². The molecule has 1 aliphatic heterocycles. The van der Waals surface area contributed by atoms with Gasteiger partial charge in [0.2, 0.25) is 23.5 Å². The maximum Gasteiger partial charge on any atom is 0.247 e. The van der Waals surface area contributed by atoms with E-state index in [1.807, 2.05) is 54.5 Å². The van der Waals surface area contributed by atoms with Gasteiger partial charge in [-0.15, -0.1) is 10.2 Å². The number of primary amides is 1. The zero-order valence-electron chi connectivity index (χ0n) is 31.4. The van der Waals surface area contributed by atoms with Gasteiger partial charge in [-0.2, -0.15) is 9.78 Å². The highest BCUT2D eigenvalue weighted by molar-refractivity contribution is 6.50. The van der Waals surface area contributed by atoms with Gasteiger partial charge < -0.3 is 26.0 Å². The Labute approximate surface area is 320 Å². The highest BCUT2D eigenvalue weighted by Gasteiger charge is 2.46. The van der Waals surface area contributed by atoms with Gasteiger partial charge in [-0.3, -0.25) is 14.4 Å². The third kappa shape index (κ3) is 8.58. The molecular formula is C38H49Cl2N9O4. The lowest BCUT2D eigenvalue weighted by molar-refractivity contribution is -0.138. The van der Waals surface area contributed by atoms with Crippen molar-refractivity contribution < 1.29 is 19.5 Å². The summed E-state index contributed by atoms with van der Waals surface area (Å²) in [4.78, 5) is 47.7. The normalized spacial score (nSPS) is 16.0. The maximum atomic E-state index is 14.1. The molecule has 1 fully saturated rings. The molecule has 3 amide bonds. The molecular weight excluding hydrogens is 717 g/mol. The molecule has 0 spiro atoms. The molecule has 1 aliphatic carbocycles. The Morgan fingerprint density at radius 2 is 1.57 bits per heavy atom. The van der Waals surface area contributed by atoms with Crippen LogP contribution in [0, 0.1) is 5.41 Å². The molecule has 0 radical (unpaired) electrons. The van der Waals surface area contributed by atoms with Gasteiger partial charge in [0.15, 0.2) is 11.6 Å². The van der Waals surface area contributed by atoms with Crippen molar-refractivity contribution >= 4 is 63.7 Å². The quantitative estimate of drug-likeness (QED) is 0.203. The lowest BCUT2D eigenvalue weighted by atomic mass is 9.73. The second-order valence-corrected chi connectivity index (χ2v) is 16.6. The number of amides is 3. The van der Waals surface area contributed by atoms with Gasteiger partial charge in [0.25, 0.3) is 0 Å². The van der Waals surface area contributed by atoms with E-state index < -0.39 is 22.3 Å². The van der Waals surface area contributed by atoms with Crippen LogP contribution in [0.25, 0.3) is 0 Å². The van der Waals surface area contributed by atoms with E-state index in [9.17, 15) is 19.5 Å². The number of para-hydroxylation sites is 1. The molecule has 1 saturated carbocycles. The minimum absolute atomic E-state index is 0.0477. The number of nitrogens with one attached hydrogen (secondary N) is 1. The Bertz CT molecular complexity index is 1900. The molecule has 0 unspecified atom stereocenters. The second kappa shape index (κ2) is 15.6. The molecule has 2 heterocycles. The van der Waals surface area contributed by atoms with Crippen molar-refractivity contribution in [1.29, 1.82) is 0 Å². The van der Waals surface area contributed by atoms with Crippen LogP contribution in [-0.2, 0) is 19.8 Å². The molecule has 2 aliphatic rings. The van der Waals surface area contributed by atoms with Gasteiger partial charge in [-0.05, 0) is 51.0 Å². The predicted octanol–water partition coefficient (Wildman–Crippen LogP) is 6.00. The first kappa shape index (κ1) is 39.9. The number of hydrogen-bond acceptors (Lipinski definition) is 9. The van der Waals surface area contributed by atoms with Gasteiger partial charge in [0.1, 0.15) is 18.8 Å². The van der Waals surface area contributed by atoms with E-state index in [4.69, 9.17) is 39.0 Å². The Hall–Kier alpha value is -4.33. The van der Waals surface area contributed by atoms with Crippen LogP contribution in [0.3, 0.4) is 0 Å². The van der Waals surface area contributed by atoms with Gasteiger partial charge in [0.05, 0.1) is 28.0 Å². The first-order chi connectivity index (χ1) is 24.8. The molecule has 53 heavy (non-hydrogen) atoms. The zero-order chi connectivity index (χ0) is 38.9. The summed E-state index contributed by atoms with van der Waals surface area (Å²) in [5.41, 5.74) is 5.74. The number of anilines is 1. The van der Waals surface area contributed by atoms with Gasteiger partial charge in [-0.25, -0.2) is 4.99 Å². The van der Waals surface area contributed by atoms with Crippen molar-refractivity contribution in [2.24, 2.45) is 21.2 Å². The smallest absolute Gasteiger partial charge is 0.247 e. The average Bonchev–Trinajstić information content (AvgIpc) is 3.68. The zero-order valence-corrected chi connectivity index (χ0v) is 32.9. The number of nitrogens with two attached hydrogens (primary N) is 1. The first-order valence-electron chi connectivity index (χ1n) is 17.8. The summed E-state index contributed by atoms with van der Waals surface area (Å²) in [6, 6.07) is 11.8. The largest absolute Gasteiger partial charge is 0.505 e. The number of carbonyl (C=O) groups excluding carboxylic acids is 3. The SMILES string of the molecule is CC(C)(C)C1=Nn2c(nnc2C(C)(C)C(C)(C)NCC(=O)N(CC(=O)N(CC(N)=O)c2ccccc2)C2CCCCC2)C1=Nc1cc(Cl)c(O)c(Cl)c1. The van der Waals surface area contributed by atoms with Crippen LogP contribution in [0.2, 0.25) is 10.0 Å². The summed E-state index contributed by atoms with van der Waals surface area (Å²) in [5, 5.41) is 27.8. The summed E-state index contributed by atoms with van der Waals surface area (Å²) in [7, 11) is 0. The van der Waals surface area contributed by atoms with E-state index in [1.54, 1.807) is 33.8 Å². The van der Waals surface area contributed by atoms with Crippen molar-refractivity contribution in [3.8, 4) is 5.75 Å². The minimum Gasteiger partial charge on any atom is -0.505 e. The topological polar surface area (TPSA) is 171 Å². The fraction of sp³-hybridized carbons (Fsp3) is 0.500. The van der Waals surface area contributed by atoms with E-state index in [0.717, 1.165) is 32.1 Å². The summed E-state index contributed by atoms with van der Waals surface area (Å²) in [5.74, 6) is -0.480. The molecule has 0 bridgehead atoms. The maximum absolute atomic E-state index is 14.1. The van der Waals surface area contributed by atoms with Crippen molar-refractivity contribution in [3.05, 3.63) is 64.2 Å². The van der Waals surface area contributed by atoms with Crippen LogP contribution < -0.4 is 16.0 Å². The Morgan fingerprint density at radius 3 is 2.15 bits per heavy atom. The summed E-state index contributed by atoms with van der Waals surface area (Å²) in [6.45, 7) is 13.5. The second-order valence-electron chi connectivity index (χ2n) is 15.8. The lowest BCUT2D eigenvalue weighted by Crippen LogP contribution is -2.58. The van der Waals surface area contributed by atoms with E-state index in [2.05, 4.69) is 15.5 Å². The molecule has 0 saturated heterocycles. The lowest BCUT2D eigenvalue weighted by Gasteiger charge is -2.42. The molecule has 4 N–H and O–H groups in total. The number of rotatable bonds is 12. The van der Waals surface area contributed by atoms with Crippen molar-refractivity contribution in [1.82, 2.24) is 25.1 Å². The van der Waals surface area contributed by atoms with Gasteiger partial charge >= 0.3 is 0 Å². The highest BCUT2D eigenvalue weighted by atomic mass is 35.5. The molecule has 13 nitrogen and oxygen atoms in total. The van der Waals surface area contributed by atoms with E-state index in [1.165, 1.54) is 17.0 Å². The Morgan fingerprint density at radius 1 is 0.943 bits per heavy atom. The number of aliphatic imine (C=N–C) groups is 1. The average molecular weight is 767 g/mol. The van der Waals surface area contributed by atoms with Crippen LogP contribution in [0.1, 0.15) is 92.2 Å². The number of halogens is 2. The van der Waals surface area contributed by atoms with Crippen molar-refractivity contribution in [2.45, 2.75) is 97.6 Å². The number of fused-ring (bicyclic) bond motifs is 1. The van der Waals surface area contributed by atoms with E-state index in [0.29, 0.717) is 34.4 Å². The number of phenolic OH excluding ortho intramolecular Hbond substituents is 1. The minimum atomic E-state index is -0.747. The number of benzene rings is 2. The summed E-state index contributed by atoms with van der Waals surface area (Å²) >= 11 is 12.4. The van der Waals surface area contributed by atoms with Crippen LogP contribution >= 0.6 is 23.2 Å². The number of aromatic hydroxyl groups is 1. The molecule has 0 atom stereocenters. The van der Waals surface area contributed by atoms with Gasteiger partial charge in [0, 0.05) is 28.1 Å². The van der Waals surface area contributed by atoms with Gasteiger partial charge in [-0.1, -0.05) is 95.3 Å². The molecule has 3 aromatic rings. The van der Waals surface area contributed by atoms with E-state index in [-0.39, 0.29) is 53.3 Å². The number of aromatic nitrogens is 3. The van der Waals surface area contributed by atoms with Crippen LogP contribution in [0.4, 0.5) is 11.4 Å². The number of hydrogen-bond donors (Lipinski definition) is 3. The molecule has 1 aromatic heterocycles. The number of phenols is 1. The van der Waals surface area contributed by atoms with Crippen molar-refractivity contribution in [3.63, 3.8) is 0 Å². The predicted molar refractivity (Wildman–Crippen MR) is 208 cm³/mol. The summed E-state index contributed by atoms with van der Waals surface area (Å²) < 4.78 is 1.69. The fourth-order valence-electron chi connectivity index (χ4n) is 6.55.